The molecular formula is C20H16Cl2N2S. The Bertz CT molecular complexity index is 794. The van der Waals surface area contributed by atoms with Crippen molar-refractivity contribution in [2.75, 3.05) is 5.32 Å². The Morgan fingerprint density at radius 2 is 1.24 bits per heavy atom. The van der Waals surface area contributed by atoms with Crippen LogP contribution in [0.15, 0.2) is 78.9 Å². The molecule has 126 valence electrons. The molecule has 0 aliphatic carbocycles. The van der Waals surface area contributed by atoms with Crippen LogP contribution in [0.3, 0.4) is 0 Å². The van der Waals surface area contributed by atoms with E-state index < -0.39 is 0 Å². The molecule has 0 fully saturated rings. The summed E-state index contributed by atoms with van der Waals surface area (Å²) in [5, 5.41) is 8.12. The first kappa shape index (κ1) is 17.7. The van der Waals surface area contributed by atoms with Crippen LogP contribution in [0.1, 0.15) is 17.2 Å². The standard InChI is InChI=1S/C20H16Cl2N2S/c21-16-11-17(22)13-18(12-16)23-20(25)24-19(14-7-3-1-4-8-14)15-9-5-2-6-10-15/h1-13,19H,(H2,23,24,25). The van der Waals surface area contributed by atoms with E-state index in [1.54, 1.807) is 18.2 Å². The van der Waals surface area contributed by atoms with Gasteiger partial charge in [-0.2, -0.15) is 0 Å². The lowest BCUT2D eigenvalue weighted by Gasteiger charge is -2.22. The number of rotatable bonds is 4. The summed E-state index contributed by atoms with van der Waals surface area (Å²) >= 11 is 17.6. The number of benzene rings is 3. The third-order valence-electron chi connectivity index (χ3n) is 3.66. The Morgan fingerprint density at radius 1 is 0.760 bits per heavy atom. The van der Waals surface area contributed by atoms with Gasteiger partial charge in [0.25, 0.3) is 0 Å². The average molecular weight is 387 g/mol. The summed E-state index contributed by atoms with van der Waals surface area (Å²) in [5.41, 5.74) is 3.00. The molecule has 0 unspecified atom stereocenters. The van der Waals surface area contributed by atoms with Crippen LogP contribution >= 0.6 is 35.4 Å². The largest absolute Gasteiger partial charge is 0.352 e. The molecule has 0 saturated heterocycles. The lowest BCUT2D eigenvalue weighted by atomic mass is 9.99. The molecule has 0 heterocycles. The van der Waals surface area contributed by atoms with Gasteiger partial charge in [0.15, 0.2) is 5.11 Å². The van der Waals surface area contributed by atoms with Gasteiger partial charge in [0, 0.05) is 15.7 Å². The highest BCUT2D eigenvalue weighted by atomic mass is 35.5. The molecule has 2 N–H and O–H groups in total. The normalized spacial score (nSPS) is 10.5. The molecule has 0 aromatic heterocycles. The quantitative estimate of drug-likeness (QED) is 0.532. The molecule has 3 rings (SSSR count). The minimum atomic E-state index is -0.0583. The van der Waals surface area contributed by atoms with Crippen LogP contribution < -0.4 is 10.6 Å². The molecule has 0 bridgehead atoms. The fraction of sp³-hybridized carbons (Fsp3) is 0.0500. The Kier molecular flexibility index (Phi) is 5.92. The van der Waals surface area contributed by atoms with Crippen molar-refractivity contribution in [3.05, 3.63) is 100 Å². The Balaban J connectivity index is 1.81. The number of hydrogen-bond acceptors (Lipinski definition) is 1. The topological polar surface area (TPSA) is 24.1 Å². The molecule has 25 heavy (non-hydrogen) atoms. The van der Waals surface area contributed by atoms with Crippen LogP contribution in [0.4, 0.5) is 5.69 Å². The van der Waals surface area contributed by atoms with Crippen LogP contribution in [0.2, 0.25) is 10.0 Å². The van der Waals surface area contributed by atoms with Crippen molar-refractivity contribution >= 4 is 46.2 Å². The van der Waals surface area contributed by atoms with Gasteiger partial charge in [-0.25, -0.2) is 0 Å². The van der Waals surface area contributed by atoms with Crippen molar-refractivity contribution in [2.45, 2.75) is 6.04 Å². The summed E-state index contributed by atoms with van der Waals surface area (Å²) in [7, 11) is 0. The molecule has 0 spiro atoms. The molecule has 0 amide bonds. The Labute approximate surface area is 162 Å². The van der Waals surface area contributed by atoms with E-state index in [0.29, 0.717) is 15.2 Å². The highest BCUT2D eigenvalue weighted by molar-refractivity contribution is 7.80. The van der Waals surface area contributed by atoms with Crippen LogP contribution in [-0.2, 0) is 0 Å². The SMILES string of the molecule is S=C(Nc1cc(Cl)cc(Cl)c1)NC(c1ccccc1)c1ccccc1. The third kappa shape index (κ3) is 4.95. The van der Waals surface area contributed by atoms with Crippen LogP contribution in [0.5, 0.6) is 0 Å². The minimum absolute atomic E-state index is 0.0583. The first-order chi connectivity index (χ1) is 12.1. The van der Waals surface area contributed by atoms with E-state index >= 15 is 0 Å². The van der Waals surface area contributed by atoms with E-state index in [1.807, 2.05) is 36.4 Å². The van der Waals surface area contributed by atoms with Crippen LogP contribution in [0, 0.1) is 0 Å². The van der Waals surface area contributed by atoms with Crippen LogP contribution in [0.25, 0.3) is 0 Å². The van der Waals surface area contributed by atoms with Gasteiger partial charge in [0.1, 0.15) is 0 Å². The number of nitrogens with one attached hydrogen (secondary N) is 2. The van der Waals surface area contributed by atoms with Crippen molar-refractivity contribution in [3.8, 4) is 0 Å². The summed E-state index contributed by atoms with van der Waals surface area (Å²) in [6, 6.07) is 25.5. The highest BCUT2D eigenvalue weighted by Gasteiger charge is 2.15. The lowest BCUT2D eigenvalue weighted by Crippen LogP contribution is -2.33. The maximum Gasteiger partial charge on any atom is 0.171 e. The second-order valence-electron chi connectivity index (χ2n) is 5.51. The molecule has 0 radical (unpaired) electrons. The lowest BCUT2D eigenvalue weighted by molar-refractivity contribution is 0.769. The van der Waals surface area contributed by atoms with E-state index in [1.165, 1.54) is 0 Å². The molecule has 3 aromatic carbocycles. The molecule has 0 aliphatic heterocycles. The van der Waals surface area contributed by atoms with Crippen molar-refractivity contribution in [2.24, 2.45) is 0 Å². The number of hydrogen-bond donors (Lipinski definition) is 2. The van der Waals surface area contributed by atoms with Crippen molar-refractivity contribution in [1.82, 2.24) is 5.32 Å². The van der Waals surface area contributed by atoms with Gasteiger partial charge < -0.3 is 10.6 Å². The Morgan fingerprint density at radius 3 is 1.72 bits per heavy atom. The van der Waals surface area contributed by atoms with Gasteiger partial charge in [0.05, 0.1) is 6.04 Å². The van der Waals surface area contributed by atoms with E-state index in [0.717, 1.165) is 16.8 Å². The zero-order valence-corrected chi connectivity index (χ0v) is 15.6. The molecule has 0 aliphatic rings. The smallest absolute Gasteiger partial charge is 0.171 e. The fourth-order valence-electron chi connectivity index (χ4n) is 2.57. The maximum absolute atomic E-state index is 6.04. The van der Waals surface area contributed by atoms with Gasteiger partial charge >= 0.3 is 0 Å². The van der Waals surface area contributed by atoms with E-state index in [9.17, 15) is 0 Å². The second-order valence-corrected chi connectivity index (χ2v) is 6.79. The Hall–Kier alpha value is -2.07. The molecule has 5 heteroatoms. The number of anilines is 1. The predicted octanol–water partition coefficient (Wildman–Crippen LogP) is 6.07. The predicted molar refractivity (Wildman–Crippen MR) is 111 cm³/mol. The van der Waals surface area contributed by atoms with Crippen LogP contribution in [-0.4, -0.2) is 5.11 Å². The summed E-state index contributed by atoms with van der Waals surface area (Å²) in [6.07, 6.45) is 0. The highest BCUT2D eigenvalue weighted by Crippen LogP contribution is 2.24. The van der Waals surface area contributed by atoms with Crippen molar-refractivity contribution < 1.29 is 0 Å². The molecule has 0 saturated carbocycles. The van der Waals surface area contributed by atoms with E-state index in [-0.39, 0.29) is 6.04 Å². The van der Waals surface area contributed by atoms with Gasteiger partial charge in [0.2, 0.25) is 0 Å². The number of halogens is 2. The van der Waals surface area contributed by atoms with E-state index in [2.05, 4.69) is 34.9 Å². The number of thiocarbonyl (C=S) groups is 1. The van der Waals surface area contributed by atoms with Gasteiger partial charge in [-0.1, -0.05) is 83.9 Å². The zero-order chi connectivity index (χ0) is 17.6. The molecular weight excluding hydrogens is 371 g/mol. The first-order valence-corrected chi connectivity index (χ1v) is 8.92. The average Bonchev–Trinajstić information content (AvgIpc) is 2.60. The summed E-state index contributed by atoms with van der Waals surface area (Å²) in [5.74, 6) is 0. The monoisotopic (exact) mass is 386 g/mol. The van der Waals surface area contributed by atoms with Crippen molar-refractivity contribution in [3.63, 3.8) is 0 Å². The molecule has 0 atom stereocenters. The third-order valence-corrected chi connectivity index (χ3v) is 4.32. The summed E-state index contributed by atoms with van der Waals surface area (Å²) in [4.78, 5) is 0. The maximum atomic E-state index is 6.04. The minimum Gasteiger partial charge on any atom is -0.352 e. The molecule has 3 aromatic rings. The van der Waals surface area contributed by atoms with E-state index in [4.69, 9.17) is 35.4 Å². The van der Waals surface area contributed by atoms with Gasteiger partial charge in [-0.15, -0.1) is 0 Å². The second kappa shape index (κ2) is 8.34. The fourth-order valence-corrected chi connectivity index (χ4v) is 3.34. The summed E-state index contributed by atoms with van der Waals surface area (Å²) in [6.45, 7) is 0. The molecule has 2 nitrogen and oxygen atoms in total. The van der Waals surface area contributed by atoms with Crippen molar-refractivity contribution in [1.29, 1.82) is 0 Å². The zero-order valence-electron chi connectivity index (χ0n) is 13.2. The summed E-state index contributed by atoms with van der Waals surface area (Å²) < 4.78 is 0. The van der Waals surface area contributed by atoms with Gasteiger partial charge in [-0.05, 0) is 41.5 Å². The van der Waals surface area contributed by atoms with Gasteiger partial charge in [-0.3, -0.25) is 0 Å². The first-order valence-electron chi connectivity index (χ1n) is 7.75.